The zero-order valence-electron chi connectivity index (χ0n) is 11.5. The number of esters is 1. The molecule has 20 heavy (non-hydrogen) atoms. The van der Waals surface area contributed by atoms with Crippen molar-refractivity contribution in [2.45, 2.75) is 0 Å². The van der Waals surface area contributed by atoms with Gasteiger partial charge < -0.3 is 4.74 Å². The van der Waals surface area contributed by atoms with E-state index in [0.717, 1.165) is 0 Å². The van der Waals surface area contributed by atoms with Crippen molar-refractivity contribution in [2.24, 2.45) is 0 Å². The van der Waals surface area contributed by atoms with E-state index in [2.05, 4.69) is 4.74 Å². The number of rotatable bonds is 5. The summed E-state index contributed by atoms with van der Waals surface area (Å²) in [5, 5.41) is 0. The summed E-state index contributed by atoms with van der Waals surface area (Å²) < 4.78 is 4.56. The van der Waals surface area contributed by atoms with Gasteiger partial charge in [0.05, 0.1) is 24.8 Å². The summed E-state index contributed by atoms with van der Waals surface area (Å²) in [7, 11) is 3.05. The molecule has 1 aromatic rings. The minimum absolute atomic E-state index is 0.125. The largest absolute Gasteiger partial charge is 0.468 e. The van der Waals surface area contributed by atoms with Crippen molar-refractivity contribution in [3.63, 3.8) is 0 Å². The van der Waals surface area contributed by atoms with E-state index in [1.807, 2.05) is 0 Å². The molecule has 1 aliphatic heterocycles. The van der Waals surface area contributed by atoms with E-state index in [1.165, 1.54) is 12.0 Å². The van der Waals surface area contributed by atoms with Crippen molar-refractivity contribution in [2.75, 3.05) is 33.8 Å². The van der Waals surface area contributed by atoms with Gasteiger partial charge in [0.25, 0.3) is 11.8 Å². The molecule has 0 saturated heterocycles. The fraction of sp³-hybridized carbons (Fsp3) is 0.357. The van der Waals surface area contributed by atoms with Crippen LogP contribution in [0, 0.1) is 0 Å². The van der Waals surface area contributed by atoms with Gasteiger partial charge in [-0.2, -0.15) is 0 Å². The average molecular weight is 276 g/mol. The lowest BCUT2D eigenvalue weighted by Gasteiger charge is -2.19. The second-order valence-electron chi connectivity index (χ2n) is 4.62. The second-order valence-corrected chi connectivity index (χ2v) is 4.62. The van der Waals surface area contributed by atoms with Crippen molar-refractivity contribution in [3.8, 4) is 0 Å². The fourth-order valence-corrected chi connectivity index (χ4v) is 2.08. The number of fused-ring (bicyclic) bond motifs is 1. The van der Waals surface area contributed by atoms with Crippen LogP contribution in [0.15, 0.2) is 24.3 Å². The van der Waals surface area contributed by atoms with E-state index in [-0.39, 0.29) is 30.9 Å². The van der Waals surface area contributed by atoms with Crippen molar-refractivity contribution in [1.82, 2.24) is 9.80 Å². The number of methoxy groups -OCH3 is 1. The van der Waals surface area contributed by atoms with E-state index < -0.39 is 0 Å². The lowest BCUT2D eigenvalue weighted by atomic mass is 10.1. The van der Waals surface area contributed by atoms with Gasteiger partial charge in [-0.1, -0.05) is 12.1 Å². The fourth-order valence-electron chi connectivity index (χ4n) is 2.08. The standard InChI is InChI=1S/C14H16N2O4/c1-15(9-12(17)20-2)7-8-16-13(18)10-5-3-4-6-11(10)14(16)19/h3-6H,7-9H2,1-2H3. The minimum Gasteiger partial charge on any atom is -0.468 e. The van der Waals surface area contributed by atoms with Crippen LogP contribution in [0.4, 0.5) is 0 Å². The third kappa shape index (κ3) is 2.70. The monoisotopic (exact) mass is 276 g/mol. The topological polar surface area (TPSA) is 66.9 Å². The van der Waals surface area contributed by atoms with Crippen LogP contribution in [-0.2, 0) is 9.53 Å². The third-order valence-corrected chi connectivity index (χ3v) is 3.21. The Morgan fingerprint density at radius 1 is 1.20 bits per heavy atom. The minimum atomic E-state index is -0.352. The Morgan fingerprint density at radius 3 is 2.25 bits per heavy atom. The van der Waals surface area contributed by atoms with E-state index >= 15 is 0 Å². The van der Waals surface area contributed by atoms with E-state index in [1.54, 1.807) is 36.2 Å². The molecule has 0 fully saturated rings. The number of likely N-dealkylation sites (N-methyl/N-ethyl adjacent to an activating group) is 1. The Balaban J connectivity index is 1.97. The van der Waals surface area contributed by atoms with Crippen molar-refractivity contribution in [1.29, 1.82) is 0 Å². The van der Waals surface area contributed by atoms with Gasteiger partial charge in [0.15, 0.2) is 0 Å². The number of hydrogen-bond donors (Lipinski definition) is 0. The lowest BCUT2D eigenvalue weighted by molar-refractivity contribution is -0.141. The smallest absolute Gasteiger partial charge is 0.319 e. The predicted molar refractivity (Wildman–Crippen MR) is 71.3 cm³/mol. The van der Waals surface area contributed by atoms with Crippen LogP contribution in [0.2, 0.25) is 0 Å². The first-order valence-electron chi connectivity index (χ1n) is 6.25. The second kappa shape index (κ2) is 5.83. The van der Waals surface area contributed by atoms with E-state index in [4.69, 9.17) is 0 Å². The van der Waals surface area contributed by atoms with Gasteiger partial charge in [0.2, 0.25) is 0 Å². The number of hydrogen-bond acceptors (Lipinski definition) is 5. The average Bonchev–Trinajstić information content (AvgIpc) is 2.69. The molecule has 0 atom stereocenters. The quantitative estimate of drug-likeness (QED) is 0.575. The number of carbonyl (C=O) groups excluding carboxylic acids is 3. The molecular weight excluding hydrogens is 260 g/mol. The van der Waals surface area contributed by atoms with Crippen molar-refractivity contribution < 1.29 is 19.1 Å². The van der Waals surface area contributed by atoms with Crippen LogP contribution in [0.5, 0.6) is 0 Å². The molecular formula is C14H16N2O4. The Bertz CT molecular complexity index is 521. The molecule has 0 aromatic heterocycles. The van der Waals surface area contributed by atoms with Gasteiger partial charge in [-0.25, -0.2) is 0 Å². The van der Waals surface area contributed by atoms with Gasteiger partial charge in [0.1, 0.15) is 0 Å². The molecule has 0 spiro atoms. The molecule has 0 saturated carbocycles. The molecule has 1 heterocycles. The predicted octanol–water partition coefficient (Wildman–Crippen LogP) is 0.387. The van der Waals surface area contributed by atoms with Crippen LogP contribution in [0.3, 0.4) is 0 Å². The summed E-state index contributed by atoms with van der Waals surface area (Å²) in [5.41, 5.74) is 0.876. The van der Waals surface area contributed by atoms with Gasteiger partial charge in [-0.05, 0) is 19.2 Å². The molecule has 0 N–H and O–H groups in total. The summed E-state index contributed by atoms with van der Waals surface area (Å²) >= 11 is 0. The first-order valence-corrected chi connectivity index (χ1v) is 6.25. The maximum absolute atomic E-state index is 12.1. The zero-order chi connectivity index (χ0) is 14.7. The third-order valence-electron chi connectivity index (χ3n) is 3.21. The SMILES string of the molecule is COC(=O)CN(C)CCN1C(=O)c2ccccc2C1=O. The van der Waals surface area contributed by atoms with Crippen molar-refractivity contribution >= 4 is 17.8 Å². The highest BCUT2D eigenvalue weighted by Crippen LogP contribution is 2.21. The number of carbonyl (C=O) groups is 3. The highest BCUT2D eigenvalue weighted by Gasteiger charge is 2.34. The molecule has 0 radical (unpaired) electrons. The molecule has 2 amide bonds. The summed E-state index contributed by atoms with van der Waals surface area (Å²) in [6.07, 6.45) is 0. The molecule has 0 unspecified atom stereocenters. The number of nitrogens with zero attached hydrogens (tertiary/aromatic N) is 2. The van der Waals surface area contributed by atoms with Gasteiger partial charge >= 0.3 is 5.97 Å². The number of ether oxygens (including phenoxy) is 1. The van der Waals surface area contributed by atoms with Crippen LogP contribution in [0.25, 0.3) is 0 Å². The lowest BCUT2D eigenvalue weighted by Crippen LogP contribution is -2.38. The van der Waals surface area contributed by atoms with Gasteiger partial charge in [-0.15, -0.1) is 0 Å². The highest BCUT2D eigenvalue weighted by molar-refractivity contribution is 6.21. The van der Waals surface area contributed by atoms with Gasteiger partial charge in [-0.3, -0.25) is 24.2 Å². The summed E-state index contributed by atoms with van der Waals surface area (Å²) in [4.78, 5) is 38.2. The number of imide groups is 1. The number of amides is 2. The Morgan fingerprint density at radius 2 is 1.75 bits per heavy atom. The maximum atomic E-state index is 12.1. The van der Waals surface area contributed by atoms with Crippen LogP contribution < -0.4 is 0 Å². The first-order chi connectivity index (χ1) is 9.54. The summed E-state index contributed by atoms with van der Waals surface area (Å²) in [6.45, 7) is 0.792. The van der Waals surface area contributed by atoms with Crippen LogP contribution in [-0.4, -0.2) is 61.4 Å². The Labute approximate surface area is 116 Å². The Kier molecular flexibility index (Phi) is 4.14. The molecule has 6 heteroatoms. The zero-order valence-corrected chi connectivity index (χ0v) is 11.5. The summed E-state index contributed by atoms with van der Waals surface area (Å²) in [5.74, 6) is -0.913. The number of benzene rings is 1. The van der Waals surface area contributed by atoms with Crippen molar-refractivity contribution in [3.05, 3.63) is 35.4 Å². The summed E-state index contributed by atoms with van der Waals surface area (Å²) in [6, 6.07) is 6.76. The van der Waals surface area contributed by atoms with E-state index in [0.29, 0.717) is 17.7 Å². The highest BCUT2D eigenvalue weighted by atomic mass is 16.5. The van der Waals surface area contributed by atoms with Crippen LogP contribution >= 0.6 is 0 Å². The molecule has 1 aromatic carbocycles. The van der Waals surface area contributed by atoms with Gasteiger partial charge in [0, 0.05) is 13.1 Å². The van der Waals surface area contributed by atoms with E-state index in [9.17, 15) is 14.4 Å². The van der Waals surface area contributed by atoms with Crippen LogP contribution in [0.1, 0.15) is 20.7 Å². The molecule has 6 nitrogen and oxygen atoms in total. The normalized spacial score (nSPS) is 13.8. The molecule has 2 rings (SSSR count). The maximum Gasteiger partial charge on any atom is 0.319 e. The molecule has 106 valence electrons. The first kappa shape index (κ1) is 14.2. The molecule has 0 aliphatic carbocycles. The molecule has 0 bridgehead atoms. The Hall–Kier alpha value is -2.21. The molecule has 1 aliphatic rings.